The molecule has 0 aliphatic heterocycles. The number of benzene rings is 3. The van der Waals surface area contributed by atoms with Gasteiger partial charge in [0, 0.05) is 48.0 Å². The van der Waals surface area contributed by atoms with E-state index in [1.807, 2.05) is 54.9 Å². The lowest BCUT2D eigenvalue weighted by atomic mass is 10.1. The number of nitrogens with zero attached hydrogens (tertiary/aromatic N) is 5. The minimum Gasteiger partial charge on any atom is -0.348 e. The van der Waals surface area contributed by atoms with Gasteiger partial charge in [0.15, 0.2) is 0 Å². The summed E-state index contributed by atoms with van der Waals surface area (Å²) in [6, 6.07) is 24.7. The van der Waals surface area contributed by atoms with Crippen LogP contribution in [0.5, 0.6) is 0 Å². The fourth-order valence-electron chi connectivity index (χ4n) is 4.32. The summed E-state index contributed by atoms with van der Waals surface area (Å²) in [6.07, 6.45) is 5.54. The summed E-state index contributed by atoms with van der Waals surface area (Å²) in [5.74, 6) is -0.104. The van der Waals surface area contributed by atoms with E-state index in [9.17, 15) is 4.79 Å². The second-order valence-corrected chi connectivity index (χ2v) is 9.90. The van der Waals surface area contributed by atoms with Gasteiger partial charge in [-0.15, -0.1) is 5.10 Å². The number of hydrogen-bond donors (Lipinski definition) is 1. The molecule has 0 unspecified atom stereocenters. The average molecular weight is 505 g/mol. The molecule has 0 radical (unpaired) electrons. The fraction of sp³-hybridized carbons (Fsp3) is 0.226. The molecule has 5 aromatic rings. The standard InChI is InChI=1S/C31H32N6O/c1-22(2)36(3)19-24-10-8-23(9-11-24)17-33-31(38)29-7-5-4-6-28(29)20-37-21-30(34-35-37)26-12-13-27-18-32-15-14-25(27)16-26/h4-16,18,21-22H,17,19-20H2,1-3H3,(H,33,38). The number of carbonyl (C=O) groups is 1. The second-order valence-electron chi connectivity index (χ2n) is 9.90. The van der Waals surface area contributed by atoms with E-state index in [1.54, 1.807) is 10.9 Å². The Bertz CT molecular complexity index is 1540. The second kappa shape index (κ2) is 11.4. The van der Waals surface area contributed by atoms with Crippen LogP contribution in [0, 0.1) is 0 Å². The third-order valence-electron chi connectivity index (χ3n) is 6.86. The lowest BCUT2D eigenvalue weighted by Gasteiger charge is -2.21. The Morgan fingerprint density at radius 2 is 1.76 bits per heavy atom. The molecule has 38 heavy (non-hydrogen) atoms. The van der Waals surface area contributed by atoms with E-state index >= 15 is 0 Å². The molecule has 3 aromatic carbocycles. The molecule has 2 heterocycles. The summed E-state index contributed by atoms with van der Waals surface area (Å²) in [5, 5.41) is 13.9. The Labute approximate surface area is 223 Å². The lowest BCUT2D eigenvalue weighted by molar-refractivity contribution is 0.0950. The van der Waals surface area contributed by atoms with Crippen LogP contribution in [0.1, 0.15) is 40.9 Å². The molecule has 0 aliphatic rings. The predicted octanol–water partition coefficient (Wildman–Crippen LogP) is 5.31. The molecule has 2 aromatic heterocycles. The molecule has 5 rings (SSSR count). The quantitative estimate of drug-likeness (QED) is 0.294. The Hall–Kier alpha value is -4.36. The highest BCUT2D eigenvalue weighted by Gasteiger charge is 2.13. The van der Waals surface area contributed by atoms with Gasteiger partial charge in [0.05, 0.1) is 12.7 Å². The average Bonchev–Trinajstić information content (AvgIpc) is 3.41. The molecule has 0 saturated carbocycles. The smallest absolute Gasteiger partial charge is 0.251 e. The van der Waals surface area contributed by atoms with Crippen LogP contribution in [0.3, 0.4) is 0 Å². The molecule has 7 heteroatoms. The summed E-state index contributed by atoms with van der Waals surface area (Å²) >= 11 is 0. The molecular formula is C31H32N6O. The van der Waals surface area contributed by atoms with Crippen molar-refractivity contribution >= 4 is 16.7 Å². The maximum Gasteiger partial charge on any atom is 0.251 e. The molecule has 7 nitrogen and oxygen atoms in total. The number of nitrogens with one attached hydrogen (secondary N) is 1. The van der Waals surface area contributed by atoms with Gasteiger partial charge in [0.25, 0.3) is 5.91 Å². The molecule has 1 amide bonds. The van der Waals surface area contributed by atoms with Gasteiger partial charge >= 0.3 is 0 Å². The molecular weight excluding hydrogens is 472 g/mol. The van der Waals surface area contributed by atoms with Gasteiger partial charge in [-0.1, -0.05) is 59.8 Å². The lowest BCUT2D eigenvalue weighted by Crippen LogP contribution is -2.25. The zero-order chi connectivity index (χ0) is 26.5. The van der Waals surface area contributed by atoms with Crippen molar-refractivity contribution in [2.75, 3.05) is 7.05 Å². The van der Waals surface area contributed by atoms with Crippen molar-refractivity contribution in [1.29, 1.82) is 0 Å². The topological polar surface area (TPSA) is 75.9 Å². The van der Waals surface area contributed by atoms with E-state index in [-0.39, 0.29) is 5.91 Å². The number of aromatic nitrogens is 4. The van der Waals surface area contributed by atoms with Crippen molar-refractivity contribution in [1.82, 2.24) is 30.2 Å². The number of amides is 1. The van der Waals surface area contributed by atoms with E-state index in [4.69, 9.17) is 0 Å². The van der Waals surface area contributed by atoms with Crippen molar-refractivity contribution in [3.05, 3.63) is 114 Å². The van der Waals surface area contributed by atoms with E-state index in [0.29, 0.717) is 24.7 Å². The summed E-state index contributed by atoms with van der Waals surface area (Å²) in [6.45, 7) is 6.20. The van der Waals surface area contributed by atoms with Crippen molar-refractivity contribution in [3.63, 3.8) is 0 Å². The minimum absolute atomic E-state index is 0.104. The van der Waals surface area contributed by atoms with E-state index in [0.717, 1.165) is 39.7 Å². The normalized spacial score (nSPS) is 11.4. The third-order valence-corrected chi connectivity index (χ3v) is 6.86. The molecule has 192 valence electrons. The summed E-state index contributed by atoms with van der Waals surface area (Å²) in [7, 11) is 2.12. The van der Waals surface area contributed by atoms with E-state index < -0.39 is 0 Å². The number of fused-ring (bicyclic) bond motifs is 1. The molecule has 1 N–H and O–H groups in total. The van der Waals surface area contributed by atoms with Crippen LogP contribution in [0.25, 0.3) is 22.0 Å². The summed E-state index contributed by atoms with van der Waals surface area (Å²) in [5.41, 5.74) is 5.63. The molecule has 0 aliphatic carbocycles. The highest BCUT2D eigenvalue weighted by Crippen LogP contribution is 2.22. The van der Waals surface area contributed by atoms with Crippen molar-refractivity contribution < 1.29 is 4.79 Å². The van der Waals surface area contributed by atoms with Gasteiger partial charge in [-0.05, 0) is 61.2 Å². The van der Waals surface area contributed by atoms with Gasteiger partial charge in [0.2, 0.25) is 0 Å². The highest BCUT2D eigenvalue weighted by atomic mass is 16.1. The van der Waals surface area contributed by atoms with Crippen molar-refractivity contribution in [2.24, 2.45) is 0 Å². The van der Waals surface area contributed by atoms with E-state index in [2.05, 4.69) is 76.7 Å². The van der Waals surface area contributed by atoms with Gasteiger partial charge in [0.1, 0.15) is 5.69 Å². The van der Waals surface area contributed by atoms with Crippen LogP contribution in [-0.4, -0.2) is 43.9 Å². The highest BCUT2D eigenvalue weighted by molar-refractivity contribution is 5.95. The summed E-state index contributed by atoms with van der Waals surface area (Å²) < 4.78 is 1.77. The van der Waals surface area contributed by atoms with Gasteiger partial charge < -0.3 is 5.32 Å². The molecule has 0 bridgehead atoms. The summed E-state index contributed by atoms with van der Waals surface area (Å²) in [4.78, 5) is 19.6. The number of pyridine rings is 1. The number of rotatable bonds is 9. The SMILES string of the molecule is CC(C)N(C)Cc1ccc(CNC(=O)c2ccccc2Cn2cc(-c3ccc4cnccc4c3)nn2)cc1. The Kier molecular flexibility index (Phi) is 7.56. The first kappa shape index (κ1) is 25.3. The monoisotopic (exact) mass is 504 g/mol. The first-order valence-corrected chi connectivity index (χ1v) is 12.8. The zero-order valence-electron chi connectivity index (χ0n) is 22.0. The van der Waals surface area contributed by atoms with Crippen molar-refractivity contribution in [2.45, 2.75) is 39.5 Å². The zero-order valence-corrected chi connectivity index (χ0v) is 22.0. The van der Waals surface area contributed by atoms with Crippen molar-refractivity contribution in [3.8, 4) is 11.3 Å². The molecule has 0 fully saturated rings. The van der Waals surface area contributed by atoms with Crippen LogP contribution in [0.4, 0.5) is 0 Å². The van der Waals surface area contributed by atoms with E-state index in [1.165, 1.54) is 5.56 Å². The van der Waals surface area contributed by atoms with Crippen LogP contribution in [0.15, 0.2) is 91.4 Å². The maximum absolute atomic E-state index is 13.1. The third kappa shape index (κ3) is 5.95. The largest absolute Gasteiger partial charge is 0.348 e. The van der Waals surface area contributed by atoms with Gasteiger partial charge in [-0.2, -0.15) is 0 Å². The predicted molar refractivity (Wildman–Crippen MR) is 151 cm³/mol. The van der Waals surface area contributed by atoms with Crippen LogP contribution < -0.4 is 5.32 Å². The Balaban J connectivity index is 1.24. The number of hydrogen-bond acceptors (Lipinski definition) is 5. The Morgan fingerprint density at radius 3 is 2.58 bits per heavy atom. The van der Waals surface area contributed by atoms with Gasteiger partial charge in [-0.3, -0.25) is 14.7 Å². The Morgan fingerprint density at radius 1 is 0.974 bits per heavy atom. The maximum atomic E-state index is 13.1. The molecule has 0 spiro atoms. The first-order chi connectivity index (χ1) is 18.5. The number of carbonyl (C=O) groups excluding carboxylic acids is 1. The van der Waals surface area contributed by atoms with Crippen LogP contribution in [-0.2, 0) is 19.6 Å². The van der Waals surface area contributed by atoms with Gasteiger partial charge in [-0.25, -0.2) is 4.68 Å². The fourth-order valence-corrected chi connectivity index (χ4v) is 4.32. The minimum atomic E-state index is -0.104. The van der Waals surface area contributed by atoms with Crippen LogP contribution in [0.2, 0.25) is 0 Å². The molecule has 0 saturated heterocycles. The first-order valence-electron chi connectivity index (χ1n) is 12.8. The van der Waals surface area contributed by atoms with Crippen LogP contribution >= 0.6 is 0 Å². The molecule has 0 atom stereocenters.